The van der Waals surface area contributed by atoms with Gasteiger partial charge >= 0.3 is 6.09 Å². The van der Waals surface area contributed by atoms with Crippen LogP contribution in [0.1, 0.15) is 22.5 Å². The molecule has 0 saturated carbocycles. The predicted octanol–water partition coefficient (Wildman–Crippen LogP) is 2.49. The molecule has 3 N–H and O–H groups in total. The van der Waals surface area contributed by atoms with E-state index in [9.17, 15) is 19.5 Å². The molecule has 3 rings (SSSR count). The van der Waals surface area contributed by atoms with Crippen molar-refractivity contribution in [3.63, 3.8) is 0 Å². The zero-order chi connectivity index (χ0) is 18.7. The summed E-state index contributed by atoms with van der Waals surface area (Å²) in [5.74, 6) is -0.543. The molecule has 0 atom stereocenters. The average Bonchev–Trinajstić information content (AvgIpc) is 3.25. The smallest absolute Gasteiger partial charge is 0.415 e. The van der Waals surface area contributed by atoms with E-state index in [0.29, 0.717) is 16.8 Å². The number of Topliss-reactive ketones (excluding diaryl/α,β-unsaturated/α-hetero) is 2. The van der Waals surface area contributed by atoms with E-state index < -0.39 is 11.9 Å². The Morgan fingerprint density at radius 1 is 1.12 bits per heavy atom. The molecule has 0 saturated heterocycles. The maximum absolute atomic E-state index is 12.2. The molecule has 0 amide bonds. The summed E-state index contributed by atoms with van der Waals surface area (Å²) >= 11 is 0. The van der Waals surface area contributed by atoms with E-state index in [0.717, 1.165) is 4.57 Å². The van der Waals surface area contributed by atoms with Crippen LogP contribution >= 0.6 is 0 Å². The van der Waals surface area contributed by atoms with E-state index in [4.69, 9.17) is 5.11 Å². The van der Waals surface area contributed by atoms with Crippen LogP contribution in [-0.2, 0) is 11.2 Å². The minimum absolute atomic E-state index is 0.0917. The number of carboxylic acid groups (broad SMARTS) is 1. The van der Waals surface area contributed by atoms with E-state index in [1.165, 1.54) is 30.6 Å². The van der Waals surface area contributed by atoms with Gasteiger partial charge in [-0.25, -0.2) is 4.79 Å². The molecule has 132 valence electrons. The van der Waals surface area contributed by atoms with Crippen LogP contribution in [0.4, 0.5) is 4.79 Å². The highest BCUT2D eigenvalue weighted by molar-refractivity contribution is 6.07. The Hall–Kier alpha value is -3.68. The van der Waals surface area contributed by atoms with Gasteiger partial charge in [-0.15, -0.1) is 0 Å². The monoisotopic (exact) mass is 353 g/mol. The molecule has 2 heterocycles. The van der Waals surface area contributed by atoms with Crippen LogP contribution in [0.2, 0.25) is 0 Å². The van der Waals surface area contributed by atoms with Gasteiger partial charge in [-0.3, -0.25) is 19.3 Å². The van der Waals surface area contributed by atoms with Crippen molar-refractivity contribution in [3.8, 4) is 17.0 Å². The molecule has 2 aromatic heterocycles. The number of benzene rings is 1. The molecule has 0 radical (unpaired) electrons. The maximum atomic E-state index is 12.2. The average molecular weight is 353 g/mol. The van der Waals surface area contributed by atoms with Crippen LogP contribution in [-0.4, -0.2) is 42.6 Å². The molecule has 8 nitrogen and oxygen atoms in total. The van der Waals surface area contributed by atoms with Gasteiger partial charge in [0, 0.05) is 24.4 Å². The summed E-state index contributed by atoms with van der Waals surface area (Å²) in [6.45, 7) is 0. The van der Waals surface area contributed by atoms with E-state index in [1.807, 2.05) is 0 Å². The van der Waals surface area contributed by atoms with E-state index in [-0.39, 0.29) is 30.1 Å². The summed E-state index contributed by atoms with van der Waals surface area (Å²) in [6, 6.07) is 9.26. The van der Waals surface area contributed by atoms with E-state index in [1.54, 1.807) is 18.2 Å². The lowest BCUT2D eigenvalue weighted by molar-refractivity contribution is -0.117. The van der Waals surface area contributed by atoms with Crippen molar-refractivity contribution < 1.29 is 24.6 Å². The van der Waals surface area contributed by atoms with Gasteiger partial charge in [0.25, 0.3) is 0 Å². The fourth-order valence-electron chi connectivity index (χ4n) is 2.46. The van der Waals surface area contributed by atoms with Crippen LogP contribution in [0.15, 0.2) is 48.8 Å². The summed E-state index contributed by atoms with van der Waals surface area (Å²) in [4.78, 5) is 35.2. The number of phenols is 1. The Balaban J connectivity index is 1.64. The molecule has 1 aromatic carbocycles. The van der Waals surface area contributed by atoms with Crippen molar-refractivity contribution in [2.75, 3.05) is 0 Å². The van der Waals surface area contributed by atoms with Crippen molar-refractivity contribution in [1.29, 1.82) is 0 Å². The molecular formula is C18H15N3O5. The Labute approximate surface area is 147 Å². The normalized spacial score (nSPS) is 10.6. The Morgan fingerprint density at radius 3 is 2.50 bits per heavy atom. The summed E-state index contributed by atoms with van der Waals surface area (Å²) in [6.07, 6.45) is 1.44. The lowest BCUT2D eigenvalue weighted by atomic mass is 10.0. The number of aromatic hydroxyl groups is 1. The number of carbonyl (C=O) groups is 3. The van der Waals surface area contributed by atoms with Crippen molar-refractivity contribution in [2.45, 2.75) is 12.8 Å². The van der Waals surface area contributed by atoms with Gasteiger partial charge in [-0.1, -0.05) is 12.1 Å². The molecule has 0 fully saturated rings. The van der Waals surface area contributed by atoms with Gasteiger partial charge in [0.05, 0.1) is 12.1 Å². The third-order valence-corrected chi connectivity index (χ3v) is 3.78. The number of phenolic OH excluding ortho intramolecular Hbond substituents is 1. The Bertz CT molecular complexity index is 969. The molecule has 0 aliphatic heterocycles. The van der Waals surface area contributed by atoms with Crippen LogP contribution < -0.4 is 0 Å². The number of carbonyl (C=O) groups excluding carboxylic acids is 2. The minimum Gasteiger partial charge on any atom is -0.508 e. The van der Waals surface area contributed by atoms with Crippen LogP contribution in [0.5, 0.6) is 5.75 Å². The molecule has 0 aliphatic rings. The second kappa shape index (κ2) is 7.06. The zero-order valence-electron chi connectivity index (χ0n) is 13.5. The zero-order valence-corrected chi connectivity index (χ0v) is 13.5. The summed E-state index contributed by atoms with van der Waals surface area (Å²) in [5, 5.41) is 24.7. The molecule has 0 aliphatic carbocycles. The lowest BCUT2D eigenvalue weighted by Crippen LogP contribution is -2.11. The number of hydrogen-bond acceptors (Lipinski definition) is 5. The van der Waals surface area contributed by atoms with Gasteiger partial charge in [0.1, 0.15) is 17.2 Å². The number of rotatable bonds is 6. The van der Waals surface area contributed by atoms with Gasteiger partial charge < -0.3 is 10.2 Å². The van der Waals surface area contributed by atoms with Gasteiger partial charge in [-0.2, -0.15) is 5.10 Å². The highest BCUT2D eigenvalue weighted by Gasteiger charge is 2.16. The first-order valence-corrected chi connectivity index (χ1v) is 7.72. The SMILES string of the molecule is O=C(CC(=O)c1cc(-c2ccn(C(=O)O)c2)n[nH]1)Cc1ccc(O)cc1. The number of aromatic amines is 1. The number of nitrogens with zero attached hydrogens (tertiary/aromatic N) is 2. The second-order valence-electron chi connectivity index (χ2n) is 5.74. The molecule has 0 unspecified atom stereocenters. The van der Waals surface area contributed by atoms with Gasteiger partial charge in [-0.05, 0) is 29.8 Å². The third kappa shape index (κ3) is 3.86. The first-order chi connectivity index (χ1) is 12.4. The largest absolute Gasteiger partial charge is 0.508 e. The van der Waals surface area contributed by atoms with Crippen molar-refractivity contribution in [1.82, 2.24) is 14.8 Å². The van der Waals surface area contributed by atoms with E-state index >= 15 is 0 Å². The van der Waals surface area contributed by atoms with Crippen molar-refractivity contribution >= 4 is 17.7 Å². The quantitative estimate of drug-likeness (QED) is 0.462. The van der Waals surface area contributed by atoms with Crippen molar-refractivity contribution in [2.24, 2.45) is 0 Å². The topological polar surface area (TPSA) is 125 Å². The molecule has 26 heavy (non-hydrogen) atoms. The van der Waals surface area contributed by atoms with Crippen LogP contribution in [0, 0.1) is 0 Å². The van der Waals surface area contributed by atoms with Crippen LogP contribution in [0.3, 0.4) is 0 Å². The fourth-order valence-corrected chi connectivity index (χ4v) is 2.46. The Morgan fingerprint density at radius 2 is 1.85 bits per heavy atom. The fraction of sp³-hybridized carbons (Fsp3) is 0.111. The highest BCUT2D eigenvalue weighted by atomic mass is 16.4. The Kier molecular flexibility index (Phi) is 4.66. The lowest BCUT2D eigenvalue weighted by Gasteiger charge is -2.00. The first-order valence-electron chi connectivity index (χ1n) is 7.72. The minimum atomic E-state index is -1.12. The molecule has 3 aromatic rings. The molecular weight excluding hydrogens is 338 g/mol. The standard InChI is InChI=1S/C18H15N3O5/c22-13-3-1-11(2-4-13)7-14(23)8-17(24)16-9-15(19-20-16)12-5-6-21(10-12)18(25)26/h1-6,9-10,22H,7-8H2,(H,19,20)(H,25,26). The second-order valence-corrected chi connectivity index (χ2v) is 5.74. The maximum Gasteiger partial charge on any atom is 0.415 e. The predicted molar refractivity (Wildman–Crippen MR) is 91.2 cm³/mol. The van der Waals surface area contributed by atoms with E-state index in [2.05, 4.69) is 10.2 Å². The van der Waals surface area contributed by atoms with Crippen molar-refractivity contribution in [3.05, 3.63) is 60.0 Å². The third-order valence-electron chi connectivity index (χ3n) is 3.78. The highest BCUT2D eigenvalue weighted by Crippen LogP contribution is 2.19. The van der Waals surface area contributed by atoms with Gasteiger partial charge in [0.2, 0.25) is 0 Å². The molecule has 0 spiro atoms. The number of ketones is 2. The molecule has 8 heteroatoms. The number of H-pyrrole nitrogens is 1. The summed E-state index contributed by atoms with van der Waals surface area (Å²) < 4.78 is 0.979. The number of hydrogen-bond donors (Lipinski definition) is 3. The number of aromatic nitrogens is 3. The summed E-state index contributed by atoms with van der Waals surface area (Å²) in [7, 11) is 0. The molecule has 0 bridgehead atoms. The van der Waals surface area contributed by atoms with Crippen LogP contribution in [0.25, 0.3) is 11.3 Å². The number of nitrogens with one attached hydrogen (secondary N) is 1. The van der Waals surface area contributed by atoms with Gasteiger partial charge in [0.15, 0.2) is 5.78 Å². The summed E-state index contributed by atoms with van der Waals surface area (Å²) in [5.41, 5.74) is 1.85. The first kappa shape index (κ1) is 17.2.